The van der Waals surface area contributed by atoms with Crippen LogP contribution in [0.15, 0.2) is 10.7 Å². The molecular weight excluding hydrogens is 392 g/mol. The highest BCUT2D eigenvalue weighted by atomic mass is 79.9. The second-order valence-corrected chi connectivity index (χ2v) is 7.90. The molecule has 0 atom stereocenters. The van der Waals surface area contributed by atoms with Gasteiger partial charge in [0.2, 0.25) is 0 Å². The monoisotopic (exact) mass is 410 g/mol. The first-order chi connectivity index (χ1) is 11.5. The number of primary amides is 1. The Balaban J connectivity index is 1.95. The highest BCUT2D eigenvalue weighted by Crippen LogP contribution is 2.37. The molecule has 6 nitrogen and oxygen atoms in total. The van der Waals surface area contributed by atoms with Gasteiger partial charge in [-0.05, 0) is 47.2 Å². The van der Waals surface area contributed by atoms with Crippen LogP contribution in [-0.2, 0) is 19.9 Å². The Kier molecular flexibility index (Phi) is 5.05. The fourth-order valence-corrected chi connectivity index (χ4v) is 4.89. The number of anilines is 1. The van der Waals surface area contributed by atoms with Crippen molar-refractivity contribution in [1.29, 1.82) is 0 Å². The molecule has 8 heteroatoms. The van der Waals surface area contributed by atoms with E-state index in [0.717, 1.165) is 37.7 Å². The molecule has 1 aliphatic rings. The number of fused-ring (bicyclic) bond motifs is 1. The van der Waals surface area contributed by atoms with E-state index in [0.29, 0.717) is 15.0 Å². The van der Waals surface area contributed by atoms with Crippen LogP contribution in [0.5, 0.6) is 0 Å². The Labute approximate surface area is 152 Å². The van der Waals surface area contributed by atoms with Gasteiger partial charge in [-0.15, -0.1) is 11.3 Å². The van der Waals surface area contributed by atoms with E-state index in [1.54, 1.807) is 17.9 Å². The normalized spacial score (nSPS) is 14.6. The lowest BCUT2D eigenvalue weighted by Crippen LogP contribution is -2.19. The Morgan fingerprint density at radius 3 is 2.62 bits per heavy atom. The van der Waals surface area contributed by atoms with Crippen molar-refractivity contribution in [3.05, 3.63) is 32.4 Å². The van der Waals surface area contributed by atoms with Crippen LogP contribution >= 0.6 is 27.3 Å². The lowest BCUT2D eigenvalue weighted by atomic mass is 9.96. The van der Waals surface area contributed by atoms with Gasteiger partial charge in [0.15, 0.2) is 5.69 Å². The molecule has 2 heterocycles. The number of thiophene rings is 1. The molecule has 128 valence electrons. The van der Waals surface area contributed by atoms with Crippen LogP contribution in [0.2, 0.25) is 0 Å². The number of aromatic nitrogens is 2. The van der Waals surface area contributed by atoms with E-state index >= 15 is 0 Å². The molecular formula is C16H19BrN4O2S. The van der Waals surface area contributed by atoms with Crippen LogP contribution in [0.3, 0.4) is 0 Å². The first-order valence-corrected chi connectivity index (χ1v) is 9.53. The number of aryl methyl sites for hydroxylation is 2. The number of nitrogens with one attached hydrogen (secondary N) is 1. The molecule has 2 amide bonds. The topological polar surface area (TPSA) is 90.0 Å². The van der Waals surface area contributed by atoms with Gasteiger partial charge in [0.25, 0.3) is 11.8 Å². The van der Waals surface area contributed by atoms with Crippen molar-refractivity contribution in [3.8, 4) is 0 Å². The van der Waals surface area contributed by atoms with E-state index < -0.39 is 5.91 Å². The first-order valence-electron chi connectivity index (χ1n) is 7.92. The highest BCUT2D eigenvalue weighted by molar-refractivity contribution is 9.10. The number of amides is 2. The average Bonchev–Trinajstić information content (AvgIpc) is 2.99. The van der Waals surface area contributed by atoms with E-state index in [9.17, 15) is 9.59 Å². The minimum atomic E-state index is -0.483. The Morgan fingerprint density at radius 1 is 1.29 bits per heavy atom. The standard InChI is InChI=1S/C16H19BrN4O2S/c1-21-8-10(17)13(20-21)15(23)19-16-12(14(18)22)9-6-4-2-3-5-7-11(9)24-16/h8H,2-7H2,1H3,(H2,18,22)(H,19,23). The predicted octanol–water partition coefficient (Wildman–Crippen LogP) is 3.25. The fourth-order valence-electron chi connectivity index (χ4n) is 3.04. The molecule has 3 rings (SSSR count). The summed E-state index contributed by atoms with van der Waals surface area (Å²) in [6.07, 6.45) is 7.99. The summed E-state index contributed by atoms with van der Waals surface area (Å²) >= 11 is 4.79. The summed E-state index contributed by atoms with van der Waals surface area (Å²) < 4.78 is 2.17. The smallest absolute Gasteiger partial charge is 0.277 e. The summed E-state index contributed by atoms with van der Waals surface area (Å²) in [6, 6.07) is 0. The van der Waals surface area contributed by atoms with Gasteiger partial charge >= 0.3 is 0 Å². The van der Waals surface area contributed by atoms with Gasteiger partial charge in [0.1, 0.15) is 5.00 Å². The molecule has 2 aromatic heterocycles. The second-order valence-electron chi connectivity index (χ2n) is 5.94. The third-order valence-electron chi connectivity index (χ3n) is 4.14. The summed E-state index contributed by atoms with van der Waals surface area (Å²) in [5.74, 6) is -0.831. The summed E-state index contributed by atoms with van der Waals surface area (Å²) in [6.45, 7) is 0. The van der Waals surface area contributed by atoms with Crippen LogP contribution in [-0.4, -0.2) is 21.6 Å². The van der Waals surface area contributed by atoms with Crippen molar-refractivity contribution in [3.63, 3.8) is 0 Å². The molecule has 0 radical (unpaired) electrons. The number of halogens is 1. The van der Waals surface area contributed by atoms with Crippen molar-refractivity contribution >= 4 is 44.1 Å². The van der Waals surface area contributed by atoms with Gasteiger partial charge in [-0.2, -0.15) is 5.10 Å². The third kappa shape index (κ3) is 3.39. The van der Waals surface area contributed by atoms with Crippen molar-refractivity contribution in [1.82, 2.24) is 9.78 Å². The van der Waals surface area contributed by atoms with E-state index in [-0.39, 0.29) is 11.6 Å². The zero-order valence-electron chi connectivity index (χ0n) is 13.4. The van der Waals surface area contributed by atoms with Crippen LogP contribution in [0, 0.1) is 0 Å². The molecule has 2 aromatic rings. The summed E-state index contributed by atoms with van der Waals surface area (Å²) in [4.78, 5) is 25.7. The maximum absolute atomic E-state index is 12.5. The third-order valence-corrected chi connectivity index (χ3v) is 5.93. The molecule has 24 heavy (non-hydrogen) atoms. The SMILES string of the molecule is Cn1cc(Br)c(C(=O)Nc2sc3c(c2C(N)=O)CCCCCC3)n1. The Bertz CT molecular complexity index is 796. The van der Waals surface area contributed by atoms with Gasteiger partial charge in [-0.25, -0.2) is 0 Å². The maximum Gasteiger partial charge on any atom is 0.277 e. The van der Waals surface area contributed by atoms with E-state index in [1.807, 2.05) is 0 Å². The number of hydrogen-bond donors (Lipinski definition) is 2. The van der Waals surface area contributed by atoms with Crippen LogP contribution in [0.4, 0.5) is 5.00 Å². The number of nitrogens with two attached hydrogens (primary N) is 1. The zero-order chi connectivity index (χ0) is 17.3. The summed E-state index contributed by atoms with van der Waals surface area (Å²) in [7, 11) is 1.74. The van der Waals surface area contributed by atoms with E-state index in [4.69, 9.17) is 5.73 Å². The molecule has 0 spiro atoms. The maximum atomic E-state index is 12.5. The van der Waals surface area contributed by atoms with Crippen molar-refractivity contribution < 1.29 is 9.59 Å². The highest BCUT2D eigenvalue weighted by Gasteiger charge is 2.25. The Hall–Kier alpha value is -1.67. The van der Waals surface area contributed by atoms with Crippen molar-refractivity contribution in [2.75, 3.05) is 5.32 Å². The number of rotatable bonds is 3. The largest absolute Gasteiger partial charge is 0.365 e. The minimum Gasteiger partial charge on any atom is -0.365 e. The minimum absolute atomic E-state index is 0.286. The number of carbonyl (C=O) groups excluding carboxylic acids is 2. The Morgan fingerprint density at radius 2 is 2.00 bits per heavy atom. The molecule has 0 aliphatic heterocycles. The van der Waals surface area contributed by atoms with Gasteiger partial charge in [-0.1, -0.05) is 12.8 Å². The first kappa shape index (κ1) is 17.2. The number of nitrogens with zero attached hydrogens (tertiary/aromatic N) is 2. The summed E-state index contributed by atoms with van der Waals surface area (Å²) in [5, 5.41) is 7.51. The molecule has 1 aliphatic carbocycles. The molecule has 0 unspecified atom stereocenters. The van der Waals surface area contributed by atoms with Crippen molar-refractivity contribution in [2.24, 2.45) is 12.8 Å². The summed E-state index contributed by atoms with van der Waals surface area (Å²) in [5.41, 5.74) is 7.38. The van der Waals surface area contributed by atoms with Gasteiger partial charge in [0, 0.05) is 18.1 Å². The molecule has 0 saturated carbocycles. The molecule has 0 fully saturated rings. The zero-order valence-corrected chi connectivity index (χ0v) is 15.8. The van der Waals surface area contributed by atoms with E-state index in [2.05, 4.69) is 26.3 Å². The number of carbonyl (C=O) groups is 2. The fraction of sp³-hybridized carbons (Fsp3) is 0.438. The predicted molar refractivity (Wildman–Crippen MR) is 97.6 cm³/mol. The molecule has 3 N–H and O–H groups in total. The molecule has 0 saturated heterocycles. The van der Waals surface area contributed by atoms with Crippen LogP contribution < -0.4 is 11.1 Å². The van der Waals surface area contributed by atoms with Crippen molar-refractivity contribution in [2.45, 2.75) is 38.5 Å². The van der Waals surface area contributed by atoms with Gasteiger partial charge in [0.05, 0.1) is 10.0 Å². The van der Waals surface area contributed by atoms with Gasteiger partial charge < -0.3 is 11.1 Å². The lowest BCUT2D eigenvalue weighted by Gasteiger charge is -2.10. The second kappa shape index (κ2) is 7.06. The van der Waals surface area contributed by atoms with Crippen LogP contribution in [0.25, 0.3) is 0 Å². The molecule has 0 bridgehead atoms. The lowest BCUT2D eigenvalue weighted by molar-refractivity contribution is 0.100. The average molecular weight is 411 g/mol. The molecule has 0 aromatic carbocycles. The van der Waals surface area contributed by atoms with Crippen LogP contribution in [0.1, 0.15) is 57.0 Å². The van der Waals surface area contributed by atoms with E-state index in [1.165, 1.54) is 22.6 Å². The quantitative estimate of drug-likeness (QED) is 0.813. The number of hydrogen-bond acceptors (Lipinski definition) is 4. The van der Waals surface area contributed by atoms with Gasteiger partial charge in [-0.3, -0.25) is 14.3 Å².